The van der Waals surface area contributed by atoms with Crippen molar-refractivity contribution in [1.29, 1.82) is 0 Å². The quantitative estimate of drug-likeness (QED) is 0.398. The molecule has 4 N–H and O–H groups in total. The Bertz CT molecular complexity index is 437. The number of hydrogen-bond donors (Lipinski definition) is 3. The molecule has 0 bridgehead atoms. The summed E-state index contributed by atoms with van der Waals surface area (Å²) >= 11 is 0. The average Bonchev–Trinajstić information content (AvgIpc) is 2.44. The number of anilines is 2. The Morgan fingerprint density at radius 2 is 1.79 bits per heavy atom. The number of nitrogens with zero attached hydrogens (tertiary/aromatic N) is 2. The average molecular weight is 267 g/mol. The van der Waals surface area contributed by atoms with Gasteiger partial charge in [-0.15, -0.1) is 0 Å². The van der Waals surface area contributed by atoms with Gasteiger partial charge < -0.3 is 10.7 Å². The molecule has 0 aromatic carbocycles. The van der Waals surface area contributed by atoms with Crippen molar-refractivity contribution in [3.8, 4) is 0 Å². The summed E-state index contributed by atoms with van der Waals surface area (Å²) in [5.41, 5.74) is 2.20. The maximum atomic E-state index is 10.9. The van der Waals surface area contributed by atoms with Gasteiger partial charge in [0, 0.05) is 5.54 Å². The number of hydrogen-bond acceptors (Lipinski definition) is 6. The lowest BCUT2D eigenvalue weighted by Gasteiger charge is -2.32. The van der Waals surface area contributed by atoms with E-state index in [2.05, 4.69) is 36.5 Å². The van der Waals surface area contributed by atoms with Crippen LogP contribution in [0.5, 0.6) is 0 Å². The molecular weight excluding hydrogens is 246 g/mol. The van der Waals surface area contributed by atoms with E-state index in [1.807, 2.05) is 0 Å². The zero-order valence-electron chi connectivity index (χ0n) is 11.6. The third-order valence-electron chi connectivity index (χ3n) is 3.59. The van der Waals surface area contributed by atoms with Gasteiger partial charge in [0.2, 0.25) is 0 Å². The maximum Gasteiger partial charge on any atom is 0.276 e. The number of rotatable bonds is 7. The van der Waals surface area contributed by atoms with Gasteiger partial charge in [-0.1, -0.05) is 20.8 Å². The predicted molar refractivity (Wildman–Crippen MR) is 75.9 cm³/mol. The number of nitrogens with one attached hydrogen (secondary N) is 2. The van der Waals surface area contributed by atoms with Crippen LogP contribution in [0.1, 0.15) is 40.0 Å². The van der Waals surface area contributed by atoms with Crippen LogP contribution in [0.3, 0.4) is 0 Å². The zero-order valence-corrected chi connectivity index (χ0v) is 11.6. The molecule has 0 unspecified atom stereocenters. The topological polar surface area (TPSA) is 106 Å². The molecule has 1 aromatic rings. The largest absolute Gasteiger partial charge is 0.364 e. The molecule has 7 heteroatoms. The zero-order chi connectivity index (χ0) is 14.5. The second-order valence-corrected chi connectivity index (χ2v) is 4.46. The molecular formula is C12H21N5O2. The SMILES string of the molecule is CCC(CC)(CC)Nc1cc([N+](=O)[O-])cc(NN)n1. The molecule has 0 amide bonds. The minimum absolute atomic E-state index is 0.0392. The van der Waals surface area contributed by atoms with E-state index in [0.29, 0.717) is 5.82 Å². The van der Waals surface area contributed by atoms with Gasteiger partial charge in [-0.05, 0) is 19.3 Å². The molecule has 0 fully saturated rings. The molecule has 0 radical (unpaired) electrons. The van der Waals surface area contributed by atoms with E-state index in [1.165, 1.54) is 12.1 Å². The van der Waals surface area contributed by atoms with E-state index in [0.717, 1.165) is 19.3 Å². The van der Waals surface area contributed by atoms with Crippen LogP contribution in [0.15, 0.2) is 12.1 Å². The Labute approximate surface area is 112 Å². The summed E-state index contributed by atoms with van der Waals surface area (Å²) < 4.78 is 0. The van der Waals surface area contributed by atoms with E-state index < -0.39 is 4.92 Å². The Morgan fingerprint density at radius 3 is 2.21 bits per heavy atom. The summed E-state index contributed by atoms with van der Waals surface area (Å²) in [5.74, 6) is 6.02. The van der Waals surface area contributed by atoms with Gasteiger partial charge >= 0.3 is 0 Å². The van der Waals surface area contributed by atoms with Crippen LogP contribution in [-0.4, -0.2) is 15.4 Å². The van der Waals surface area contributed by atoms with E-state index in [1.54, 1.807) is 0 Å². The second kappa shape index (κ2) is 6.33. The van der Waals surface area contributed by atoms with Crippen LogP contribution in [0.25, 0.3) is 0 Å². The smallest absolute Gasteiger partial charge is 0.276 e. The first-order valence-electron chi connectivity index (χ1n) is 6.41. The number of aromatic nitrogens is 1. The van der Waals surface area contributed by atoms with Crippen LogP contribution >= 0.6 is 0 Å². The molecule has 0 atom stereocenters. The first-order chi connectivity index (χ1) is 9.00. The molecule has 0 aliphatic rings. The summed E-state index contributed by atoms with van der Waals surface area (Å²) in [5, 5.41) is 14.2. The number of pyridine rings is 1. The maximum absolute atomic E-state index is 10.9. The number of nitrogen functional groups attached to an aromatic ring is 1. The standard InChI is InChI=1S/C12H21N5O2/c1-4-12(5-2,6-3)15-10-7-9(17(18)19)8-11(14-10)16-13/h7-8H,4-6,13H2,1-3H3,(H2,14,15,16). The van der Waals surface area contributed by atoms with Gasteiger partial charge in [0.15, 0.2) is 0 Å². The molecule has 0 spiro atoms. The van der Waals surface area contributed by atoms with E-state index >= 15 is 0 Å². The fourth-order valence-corrected chi connectivity index (χ4v) is 2.05. The summed E-state index contributed by atoms with van der Waals surface area (Å²) in [6, 6.07) is 2.73. The Balaban J connectivity index is 3.12. The van der Waals surface area contributed by atoms with Crippen molar-refractivity contribution in [3.63, 3.8) is 0 Å². The van der Waals surface area contributed by atoms with Crippen molar-refractivity contribution in [1.82, 2.24) is 4.98 Å². The van der Waals surface area contributed by atoms with Crippen molar-refractivity contribution in [2.24, 2.45) is 5.84 Å². The lowest BCUT2D eigenvalue weighted by molar-refractivity contribution is -0.384. The molecule has 106 valence electrons. The van der Waals surface area contributed by atoms with E-state index in [9.17, 15) is 10.1 Å². The highest BCUT2D eigenvalue weighted by Crippen LogP contribution is 2.27. The Kier molecular flexibility index (Phi) is 5.05. The van der Waals surface area contributed by atoms with Crippen LogP contribution in [0, 0.1) is 10.1 Å². The Morgan fingerprint density at radius 1 is 1.26 bits per heavy atom. The summed E-state index contributed by atoms with van der Waals surface area (Å²) in [7, 11) is 0. The molecule has 1 heterocycles. The molecule has 7 nitrogen and oxygen atoms in total. The minimum atomic E-state index is -0.459. The number of hydrazine groups is 1. The van der Waals surface area contributed by atoms with Crippen molar-refractivity contribution in [2.75, 3.05) is 10.7 Å². The normalized spacial score (nSPS) is 11.2. The van der Waals surface area contributed by atoms with Gasteiger partial charge in [-0.2, -0.15) is 0 Å². The third-order valence-corrected chi connectivity index (χ3v) is 3.59. The monoisotopic (exact) mass is 267 g/mol. The lowest BCUT2D eigenvalue weighted by atomic mass is 9.90. The van der Waals surface area contributed by atoms with E-state index in [-0.39, 0.29) is 17.0 Å². The number of nitrogens with two attached hydrogens (primary N) is 1. The van der Waals surface area contributed by atoms with Gasteiger partial charge in [-0.25, -0.2) is 10.8 Å². The van der Waals surface area contributed by atoms with Crippen LogP contribution < -0.4 is 16.6 Å². The highest BCUT2D eigenvalue weighted by molar-refractivity contribution is 5.55. The third kappa shape index (κ3) is 3.54. The van der Waals surface area contributed by atoms with Crippen LogP contribution in [0.2, 0.25) is 0 Å². The molecule has 0 saturated heterocycles. The molecule has 19 heavy (non-hydrogen) atoms. The second-order valence-electron chi connectivity index (χ2n) is 4.46. The molecule has 0 aliphatic heterocycles. The van der Waals surface area contributed by atoms with Crippen LogP contribution in [0.4, 0.5) is 17.3 Å². The van der Waals surface area contributed by atoms with Crippen molar-refractivity contribution >= 4 is 17.3 Å². The Hall–Kier alpha value is -1.89. The predicted octanol–water partition coefficient (Wildman–Crippen LogP) is 2.66. The highest BCUT2D eigenvalue weighted by Gasteiger charge is 2.25. The first kappa shape index (κ1) is 15.2. The highest BCUT2D eigenvalue weighted by atomic mass is 16.6. The summed E-state index contributed by atoms with van der Waals surface area (Å²) in [6.45, 7) is 6.25. The van der Waals surface area contributed by atoms with Crippen LogP contribution in [-0.2, 0) is 0 Å². The first-order valence-corrected chi connectivity index (χ1v) is 6.41. The summed E-state index contributed by atoms with van der Waals surface area (Å²) in [4.78, 5) is 14.6. The fraction of sp³-hybridized carbons (Fsp3) is 0.583. The molecule has 0 aliphatic carbocycles. The number of nitro groups is 1. The van der Waals surface area contributed by atoms with Crippen molar-refractivity contribution in [3.05, 3.63) is 22.2 Å². The molecule has 1 aromatic heterocycles. The summed E-state index contributed by atoms with van der Waals surface area (Å²) in [6.07, 6.45) is 2.74. The van der Waals surface area contributed by atoms with Gasteiger partial charge in [0.1, 0.15) is 11.6 Å². The van der Waals surface area contributed by atoms with Gasteiger partial charge in [0.25, 0.3) is 5.69 Å². The minimum Gasteiger partial charge on any atom is -0.364 e. The fourth-order valence-electron chi connectivity index (χ4n) is 2.05. The van der Waals surface area contributed by atoms with Gasteiger partial charge in [0.05, 0.1) is 17.1 Å². The van der Waals surface area contributed by atoms with Crippen molar-refractivity contribution in [2.45, 2.75) is 45.6 Å². The lowest BCUT2D eigenvalue weighted by Crippen LogP contribution is -2.36. The van der Waals surface area contributed by atoms with Gasteiger partial charge in [-0.3, -0.25) is 10.1 Å². The van der Waals surface area contributed by atoms with Crippen molar-refractivity contribution < 1.29 is 4.92 Å². The molecule has 1 rings (SSSR count). The van der Waals surface area contributed by atoms with E-state index in [4.69, 9.17) is 5.84 Å². The molecule has 0 saturated carbocycles.